The normalized spacial score (nSPS) is 18.9. The van der Waals surface area contributed by atoms with E-state index in [4.69, 9.17) is 24.2 Å². The van der Waals surface area contributed by atoms with Crippen molar-refractivity contribution in [3.05, 3.63) is 117 Å². The third-order valence-corrected chi connectivity index (χ3v) is 10.3. The summed E-state index contributed by atoms with van der Waals surface area (Å²) in [6, 6.07) is 28.3. The average Bonchev–Trinajstić information content (AvgIpc) is 3.71. The molecule has 1 saturated carbocycles. The van der Waals surface area contributed by atoms with Crippen molar-refractivity contribution >= 4 is 45.4 Å². The first-order chi connectivity index (χ1) is 22.0. The van der Waals surface area contributed by atoms with Gasteiger partial charge in [0.1, 0.15) is 29.1 Å². The van der Waals surface area contributed by atoms with Gasteiger partial charge in [-0.05, 0) is 47.6 Å². The molecule has 45 heavy (non-hydrogen) atoms. The van der Waals surface area contributed by atoms with Gasteiger partial charge in [-0.3, -0.25) is 14.2 Å². The van der Waals surface area contributed by atoms with E-state index < -0.39 is 11.8 Å². The summed E-state index contributed by atoms with van der Waals surface area (Å²) in [6.07, 6.45) is 2.83. The number of benzene rings is 3. The van der Waals surface area contributed by atoms with Gasteiger partial charge in [0.2, 0.25) is 5.95 Å². The highest BCUT2D eigenvalue weighted by atomic mass is 32.2. The van der Waals surface area contributed by atoms with Crippen LogP contribution in [0.1, 0.15) is 42.7 Å². The number of nitrogens with one attached hydrogen (secondary N) is 1. The lowest BCUT2D eigenvalue weighted by Crippen LogP contribution is -2.38. The van der Waals surface area contributed by atoms with Crippen molar-refractivity contribution < 1.29 is 19.0 Å². The molecule has 0 amide bonds. The highest BCUT2D eigenvalue weighted by molar-refractivity contribution is 8.00. The molecule has 5 aromatic rings. The summed E-state index contributed by atoms with van der Waals surface area (Å²) < 4.78 is 19.8. The van der Waals surface area contributed by atoms with Gasteiger partial charge in [-0.25, -0.2) is 4.98 Å². The molecule has 2 aliphatic rings. The minimum Gasteiger partial charge on any atom is -0.497 e. The highest BCUT2D eigenvalue weighted by Gasteiger charge is 2.45. The van der Waals surface area contributed by atoms with Crippen LogP contribution in [0.15, 0.2) is 95.9 Å². The fourth-order valence-electron chi connectivity index (χ4n) is 5.96. The van der Waals surface area contributed by atoms with Crippen molar-refractivity contribution in [3.63, 3.8) is 0 Å². The van der Waals surface area contributed by atoms with Crippen LogP contribution in [0.25, 0.3) is 10.3 Å². The number of thioether (sulfide) groups is 1. The summed E-state index contributed by atoms with van der Waals surface area (Å²) in [5, 5.41) is 3.69. The average molecular weight is 641 g/mol. The molecule has 2 aromatic heterocycles. The van der Waals surface area contributed by atoms with Crippen molar-refractivity contribution in [2.45, 2.75) is 43.1 Å². The van der Waals surface area contributed by atoms with Crippen LogP contribution in [0.4, 0.5) is 5.95 Å². The molecule has 7 rings (SSSR count). The number of hydrogen-bond donors (Lipinski definition) is 1. The van der Waals surface area contributed by atoms with E-state index in [0.29, 0.717) is 28.0 Å². The van der Waals surface area contributed by atoms with E-state index in [9.17, 15) is 9.59 Å². The Labute approximate surface area is 268 Å². The first kappa shape index (κ1) is 29.5. The van der Waals surface area contributed by atoms with E-state index in [-0.39, 0.29) is 22.4 Å². The minimum absolute atomic E-state index is 0.175. The van der Waals surface area contributed by atoms with E-state index in [0.717, 1.165) is 46.6 Å². The predicted octanol–water partition coefficient (Wildman–Crippen LogP) is 6.20. The number of aromatic nitrogens is 3. The van der Waals surface area contributed by atoms with Crippen molar-refractivity contribution in [1.29, 1.82) is 0 Å². The number of carbonyl (C=O) groups excluding carboxylic acids is 1. The van der Waals surface area contributed by atoms with E-state index in [2.05, 4.69) is 29.6 Å². The summed E-state index contributed by atoms with van der Waals surface area (Å²) in [5.74, 6) is 1.62. The monoisotopic (exact) mass is 640 g/mol. The smallest absolute Gasteiger partial charge is 0.311 e. The van der Waals surface area contributed by atoms with Gasteiger partial charge in [0.15, 0.2) is 5.65 Å². The van der Waals surface area contributed by atoms with Crippen LogP contribution >= 0.6 is 23.1 Å². The van der Waals surface area contributed by atoms with Crippen LogP contribution in [-0.4, -0.2) is 44.9 Å². The van der Waals surface area contributed by atoms with E-state index in [1.54, 1.807) is 29.6 Å². The van der Waals surface area contributed by atoms with Crippen LogP contribution in [0.2, 0.25) is 0 Å². The quantitative estimate of drug-likeness (QED) is 0.141. The second kappa shape index (κ2) is 12.3. The van der Waals surface area contributed by atoms with Crippen molar-refractivity contribution in [2.75, 3.05) is 18.2 Å². The first-order valence-corrected chi connectivity index (χ1v) is 16.7. The summed E-state index contributed by atoms with van der Waals surface area (Å²) in [7, 11) is 1.65. The van der Waals surface area contributed by atoms with Gasteiger partial charge in [0.05, 0.1) is 18.0 Å². The van der Waals surface area contributed by atoms with E-state index in [1.807, 2.05) is 60.7 Å². The summed E-state index contributed by atoms with van der Waals surface area (Å²) in [5.41, 5.74) is 2.21. The van der Waals surface area contributed by atoms with E-state index in [1.165, 1.54) is 6.92 Å². The first-order valence-electron chi connectivity index (χ1n) is 14.8. The Hall–Kier alpha value is -4.19. The maximum atomic E-state index is 13.4. The summed E-state index contributed by atoms with van der Waals surface area (Å²) >= 11 is 2.66. The topological polar surface area (TPSA) is 105 Å². The molecule has 0 radical (unpaired) electrons. The molecule has 1 aliphatic heterocycles. The van der Waals surface area contributed by atoms with Gasteiger partial charge in [0, 0.05) is 12.7 Å². The molecule has 1 aliphatic carbocycles. The Bertz CT molecular complexity index is 1820. The predicted molar refractivity (Wildman–Crippen MR) is 176 cm³/mol. The number of hydrogen-bond acceptors (Lipinski definition) is 10. The Kier molecular flexibility index (Phi) is 8.07. The molecule has 11 heteroatoms. The van der Waals surface area contributed by atoms with Crippen molar-refractivity contribution in [2.24, 2.45) is 5.92 Å². The molecular weight excluding hydrogens is 609 g/mol. The number of carbonyl (C=O) groups is 1. The van der Waals surface area contributed by atoms with Crippen LogP contribution in [0, 0.1) is 5.92 Å². The Morgan fingerprint density at radius 1 is 1.00 bits per heavy atom. The number of esters is 1. The highest BCUT2D eigenvalue weighted by Crippen LogP contribution is 2.45. The Morgan fingerprint density at radius 2 is 1.64 bits per heavy atom. The molecule has 3 aromatic carbocycles. The number of fused-ring (bicyclic) bond motifs is 1. The van der Waals surface area contributed by atoms with Crippen LogP contribution in [0.5, 0.6) is 5.75 Å². The second-order valence-electron chi connectivity index (χ2n) is 11.2. The standard InChI is InChI=1S/C34H32N4O5S2/c1-21(39)42-29(22-13-14-22)31-43-28(20-44-31)38-30-27(45-33(38)40)19-35-32(36-30)37-34(23-9-5-3-6-10-23,24-11-7-4-8-12-24)25-15-17-26(41-2)18-16-25/h3-12,15-19,22,28-29,31H,13-14,20H2,1-2H3,(H,35,36,37). The molecule has 1 N–H and O–H groups in total. The molecule has 230 valence electrons. The minimum atomic E-state index is -0.879. The molecular formula is C34H32N4O5S2. The van der Waals surface area contributed by atoms with Gasteiger partial charge < -0.3 is 19.5 Å². The third kappa shape index (κ3) is 5.71. The van der Waals surface area contributed by atoms with Crippen molar-refractivity contribution in [3.8, 4) is 5.75 Å². The SMILES string of the molecule is COc1ccc(C(Nc2ncc3sc(=O)n(C4CSC(C(OC(C)=O)C5CC5)O4)c3n2)(c2ccccc2)c2ccccc2)cc1. The number of thiazole rings is 1. The van der Waals surface area contributed by atoms with E-state index >= 15 is 0 Å². The molecule has 0 bridgehead atoms. The molecule has 3 atom stereocenters. The van der Waals surface area contributed by atoms with Gasteiger partial charge >= 0.3 is 10.8 Å². The van der Waals surface area contributed by atoms with Gasteiger partial charge in [-0.1, -0.05) is 84.1 Å². The van der Waals surface area contributed by atoms with Crippen molar-refractivity contribution in [1.82, 2.24) is 14.5 Å². The maximum Gasteiger partial charge on any atom is 0.311 e. The zero-order valence-electron chi connectivity index (χ0n) is 24.8. The van der Waals surface area contributed by atoms with Gasteiger partial charge in [-0.2, -0.15) is 4.98 Å². The lowest BCUT2D eigenvalue weighted by atomic mass is 9.77. The number of nitrogens with zero attached hydrogens (tertiary/aromatic N) is 3. The fourth-order valence-corrected chi connectivity index (χ4v) is 8.05. The molecule has 0 spiro atoms. The van der Waals surface area contributed by atoms with Crippen LogP contribution in [-0.2, 0) is 19.8 Å². The zero-order valence-corrected chi connectivity index (χ0v) is 26.4. The number of ether oxygens (including phenoxy) is 3. The lowest BCUT2D eigenvalue weighted by molar-refractivity contribution is -0.154. The van der Waals surface area contributed by atoms with Crippen LogP contribution in [0.3, 0.4) is 0 Å². The molecule has 3 unspecified atom stereocenters. The van der Waals surface area contributed by atoms with Crippen LogP contribution < -0.4 is 14.9 Å². The third-order valence-electron chi connectivity index (χ3n) is 8.23. The summed E-state index contributed by atoms with van der Waals surface area (Å²) in [6.45, 7) is 1.42. The number of anilines is 1. The molecule has 3 heterocycles. The van der Waals surface area contributed by atoms with Gasteiger partial charge in [-0.15, -0.1) is 11.8 Å². The maximum absolute atomic E-state index is 13.4. The van der Waals surface area contributed by atoms with Gasteiger partial charge in [0.25, 0.3) is 0 Å². The summed E-state index contributed by atoms with van der Waals surface area (Å²) in [4.78, 5) is 34.6. The number of rotatable bonds is 10. The Balaban J connectivity index is 1.30. The molecule has 9 nitrogen and oxygen atoms in total. The Morgan fingerprint density at radius 3 is 2.24 bits per heavy atom. The fraction of sp³-hybridized carbons (Fsp3) is 0.294. The molecule has 1 saturated heterocycles. The molecule has 2 fully saturated rings. The number of methoxy groups -OCH3 is 1. The lowest BCUT2D eigenvalue weighted by Gasteiger charge is -2.37. The largest absolute Gasteiger partial charge is 0.497 e. The zero-order chi connectivity index (χ0) is 31.0. The second-order valence-corrected chi connectivity index (χ2v) is 13.3.